The normalized spacial score (nSPS) is 13.5. The van der Waals surface area contributed by atoms with E-state index in [-0.39, 0.29) is 22.9 Å². The molecule has 0 saturated carbocycles. The maximum absolute atomic E-state index is 12.1. The lowest BCUT2D eigenvalue weighted by Gasteiger charge is -2.18. The minimum atomic E-state index is -0.331. The Hall–Kier alpha value is -2.50. The third-order valence-electron chi connectivity index (χ3n) is 3.33. The van der Waals surface area contributed by atoms with Crippen molar-refractivity contribution in [3.8, 4) is 28.8 Å². The summed E-state index contributed by atoms with van der Waals surface area (Å²) in [4.78, 5) is 18.8. The molecular weight excluding hydrogens is 272 g/mol. The third-order valence-corrected chi connectivity index (χ3v) is 3.33. The zero-order valence-electron chi connectivity index (χ0n) is 11.8. The second kappa shape index (κ2) is 5.12. The van der Waals surface area contributed by atoms with E-state index in [0.717, 1.165) is 0 Å². The van der Waals surface area contributed by atoms with Crippen LogP contribution in [0.1, 0.15) is 25.3 Å². The number of nitrogens with one attached hydrogen (secondary N) is 1. The first-order valence-corrected chi connectivity index (χ1v) is 6.79. The number of hydrogen-bond acceptors (Lipinski definition) is 5. The van der Waals surface area contributed by atoms with E-state index in [1.165, 1.54) is 0 Å². The topological polar surface area (TPSA) is 84.4 Å². The first-order chi connectivity index (χ1) is 10.1. The molecule has 1 aliphatic heterocycles. The Morgan fingerprint density at radius 3 is 2.62 bits per heavy atom. The van der Waals surface area contributed by atoms with Crippen molar-refractivity contribution in [2.45, 2.75) is 19.8 Å². The number of H-pyrrole nitrogens is 1. The van der Waals surface area contributed by atoms with E-state index in [1.54, 1.807) is 18.2 Å². The Bertz CT molecular complexity index is 737. The summed E-state index contributed by atoms with van der Waals surface area (Å²) in [6, 6.07) is 5.26. The average molecular weight is 288 g/mol. The van der Waals surface area contributed by atoms with E-state index in [2.05, 4.69) is 9.97 Å². The number of benzene rings is 1. The molecule has 0 saturated heterocycles. The molecule has 0 spiro atoms. The van der Waals surface area contributed by atoms with Crippen LogP contribution in [0.2, 0.25) is 0 Å². The highest BCUT2D eigenvalue weighted by atomic mass is 16.6. The van der Waals surface area contributed by atoms with Gasteiger partial charge in [0.25, 0.3) is 5.56 Å². The quantitative estimate of drug-likeness (QED) is 0.883. The molecule has 21 heavy (non-hydrogen) atoms. The molecule has 1 aliphatic rings. The lowest BCUT2D eigenvalue weighted by atomic mass is 10.1. The van der Waals surface area contributed by atoms with Gasteiger partial charge in [0.1, 0.15) is 19.0 Å². The van der Waals surface area contributed by atoms with Gasteiger partial charge in [0.2, 0.25) is 5.88 Å². The molecule has 6 heteroatoms. The van der Waals surface area contributed by atoms with Crippen molar-refractivity contribution < 1.29 is 14.6 Å². The summed E-state index contributed by atoms with van der Waals surface area (Å²) in [5.74, 6) is 1.23. The summed E-state index contributed by atoms with van der Waals surface area (Å²) < 4.78 is 10.9. The highest BCUT2D eigenvalue weighted by Crippen LogP contribution is 2.33. The Morgan fingerprint density at radius 2 is 1.95 bits per heavy atom. The van der Waals surface area contributed by atoms with Gasteiger partial charge in [-0.05, 0) is 24.1 Å². The highest BCUT2D eigenvalue weighted by Gasteiger charge is 2.17. The predicted molar refractivity (Wildman–Crippen MR) is 77.0 cm³/mol. The fourth-order valence-corrected chi connectivity index (χ4v) is 2.32. The van der Waals surface area contributed by atoms with Crippen LogP contribution >= 0.6 is 0 Å². The number of aromatic hydroxyl groups is 1. The van der Waals surface area contributed by atoms with Gasteiger partial charge >= 0.3 is 0 Å². The second-order valence-electron chi connectivity index (χ2n) is 5.16. The number of aromatic amines is 1. The first kappa shape index (κ1) is 13.5. The van der Waals surface area contributed by atoms with E-state index in [4.69, 9.17) is 9.47 Å². The maximum Gasteiger partial charge on any atom is 0.258 e. The van der Waals surface area contributed by atoms with Gasteiger partial charge in [0, 0.05) is 5.56 Å². The largest absolute Gasteiger partial charge is 0.493 e. The van der Waals surface area contributed by atoms with Gasteiger partial charge in [0.15, 0.2) is 11.5 Å². The average Bonchev–Trinajstić information content (AvgIpc) is 2.45. The molecule has 2 aromatic rings. The molecule has 1 aromatic heterocycles. The smallest absolute Gasteiger partial charge is 0.258 e. The summed E-state index contributed by atoms with van der Waals surface area (Å²) in [5.41, 5.74) is 0.612. The van der Waals surface area contributed by atoms with E-state index in [1.807, 2.05) is 13.8 Å². The van der Waals surface area contributed by atoms with E-state index < -0.39 is 0 Å². The number of fused-ring (bicyclic) bond motifs is 1. The summed E-state index contributed by atoms with van der Waals surface area (Å²) in [6.07, 6.45) is 0. The van der Waals surface area contributed by atoms with Gasteiger partial charge in [-0.1, -0.05) is 13.8 Å². The van der Waals surface area contributed by atoms with Crippen molar-refractivity contribution in [3.05, 3.63) is 34.1 Å². The van der Waals surface area contributed by atoms with Crippen LogP contribution in [0.3, 0.4) is 0 Å². The van der Waals surface area contributed by atoms with Gasteiger partial charge in [-0.25, -0.2) is 0 Å². The number of rotatable bonds is 2. The van der Waals surface area contributed by atoms with Crippen LogP contribution < -0.4 is 15.0 Å². The molecule has 0 atom stereocenters. The maximum atomic E-state index is 12.1. The zero-order chi connectivity index (χ0) is 15.0. The lowest BCUT2D eigenvalue weighted by Crippen LogP contribution is -2.17. The number of ether oxygens (including phenoxy) is 2. The second-order valence-corrected chi connectivity index (χ2v) is 5.16. The minimum Gasteiger partial charge on any atom is -0.493 e. The summed E-state index contributed by atoms with van der Waals surface area (Å²) in [6.45, 7) is 4.66. The molecule has 0 fully saturated rings. The number of hydrogen-bond donors (Lipinski definition) is 2. The molecule has 3 rings (SSSR count). The molecule has 0 bridgehead atoms. The van der Waals surface area contributed by atoms with Crippen molar-refractivity contribution in [2.75, 3.05) is 13.2 Å². The Morgan fingerprint density at radius 1 is 1.24 bits per heavy atom. The monoisotopic (exact) mass is 288 g/mol. The van der Waals surface area contributed by atoms with Crippen LogP contribution in [0.15, 0.2) is 23.0 Å². The van der Waals surface area contributed by atoms with Crippen molar-refractivity contribution in [1.82, 2.24) is 9.97 Å². The standard InChI is InChI=1S/C15H16N2O4/c1-8(2)12-14(18)16-13(17-15(12)19)9-3-4-10-11(7-9)21-6-5-20-10/h3-4,7-8H,5-6H2,1-2H3,(H2,16,17,18,19). The SMILES string of the molecule is CC(C)c1c(O)nc(-c2ccc3c(c2)OCCO3)[nH]c1=O. The minimum absolute atomic E-state index is 0.101. The van der Waals surface area contributed by atoms with E-state index >= 15 is 0 Å². The first-order valence-electron chi connectivity index (χ1n) is 6.79. The van der Waals surface area contributed by atoms with Crippen LogP contribution in [0, 0.1) is 0 Å². The predicted octanol–water partition coefficient (Wildman–Crippen LogP) is 2.04. The molecule has 2 heterocycles. The molecular formula is C15H16N2O4. The van der Waals surface area contributed by atoms with Crippen LogP contribution in [0.5, 0.6) is 17.4 Å². The molecule has 0 radical (unpaired) electrons. The zero-order valence-corrected chi connectivity index (χ0v) is 11.8. The van der Waals surface area contributed by atoms with Crippen molar-refractivity contribution in [1.29, 1.82) is 0 Å². The van der Waals surface area contributed by atoms with Crippen LogP contribution in [-0.2, 0) is 0 Å². The summed E-state index contributed by atoms with van der Waals surface area (Å²) in [7, 11) is 0. The lowest BCUT2D eigenvalue weighted by molar-refractivity contribution is 0.171. The molecule has 2 N–H and O–H groups in total. The van der Waals surface area contributed by atoms with Crippen molar-refractivity contribution in [3.63, 3.8) is 0 Å². The van der Waals surface area contributed by atoms with Gasteiger partial charge < -0.3 is 19.6 Å². The molecule has 1 aromatic carbocycles. The van der Waals surface area contributed by atoms with Gasteiger partial charge in [0.05, 0.1) is 5.56 Å². The molecule has 6 nitrogen and oxygen atoms in total. The van der Waals surface area contributed by atoms with E-state index in [9.17, 15) is 9.90 Å². The van der Waals surface area contributed by atoms with Gasteiger partial charge in [-0.2, -0.15) is 4.98 Å². The van der Waals surface area contributed by atoms with E-state index in [0.29, 0.717) is 36.1 Å². The Kier molecular flexibility index (Phi) is 3.29. The van der Waals surface area contributed by atoms with Gasteiger partial charge in [-0.3, -0.25) is 4.79 Å². The molecule has 110 valence electrons. The fraction of sp³-hybridized carbons (Fsp3) is 0.333. The van der Waals surface area contributed by atoms with Crippen molar-refractivity contribution in [2.24, 2.45) is 0 Å². The number of nitrogens with zero attached hydrogens (tertiary/aromatic N) is 1. The Labute approximate surface area is 121 Å². The van der Waals surface area contributed by atoms with Crippen molar-refractivity contribution >= 4 is 0 Å². The molecule has 0 unspecified atom stereocenters. The van der Waals surface area contributed by atoms with Gasteiger partial charge in [-0.15, -0.1) is 0 Å². The Balaban J connectivity index is 2.07. The van der Waals surface area contributed by atoms with Crippen LogP contribution in [0.25, 0.3) is 11.4 Å². The van der Waals surface area contributed by atoms with Crippen LogP contribution in [0.4, 0.5) is 0 Å². The highest BCUT2D eigenvalue weighted by molar-refractivity contribution is 5.61. The summed E-state index contributed by atoms with van der Waals surface area (Å²) in [5, 5.41) is 9.96. The fourth-order valence-electron chi connectivity index (χ4n) is 2.32. The summed E-state index contributed by atoms with van der Waals surface area (Å²) >= 11 is 0. The third kappa shape index (κ3) is 2.44. The molecule has 0 aliphatic carbocycles. The number of aromatic nitrogens is 2. The van der Waals surface area contributed by atoms with Crippen LogP contribution in [-0.4, -0.2) is 28.3 Å². The molecule has 0 amide bonds.